The Bertz CT molecular complexity index is 459. The average molecular weight is 229 g/mol. The number of aliphatic hydroxyl groups excluding tert-OH is 1. The van der Waals surface area contributed by atoms with Gasteiger partial charge in [-0.25, -0.2) is 0 Å². The third kappa shape index (κ3) is 2.77. The van der Waals surface area contributed by atoms with E-state index in [1.807, 2.05) is 50.4 Å². The lowest BCUT2D eigenvalue weighted by Gasteiger charge is -2.17. The molecule has 0 saturated carbocycles. The summed E-state index contributed by atoms with van der Waals surface area (Å²) < 4.78 is 2.11. The smallest absolute Gasteiger partial charge is 0.0962 e. The predicted molar refractivity (Wildman–Crippen MR) is 69.8 cm³/mol. The molecule has 1 aromatic heterocycles. The number of aliphatic hydroxyl groups is 1. The molecule has 17 heavy (non-hydrogen) atoms. The normalized spacial score (nSPS) is 12.9. The number of rotatable bonds is 4. The fourth-order valence-electron chi connectivity index (χ4n) is 1.96. The molecule has 0 radical (unpaired) electrons. The standard InChI is InChI=1S/C15H19NO/c1-12(2)15(17)14-9-6-10-16(14)11-13-7-4-3-5-8-13/h3-10,12,15,17H,11H2,1-2H3. The van der Waals surface area contributed by atoms with Crippen LogP contribution in [0.25, 0.3) is 0 Å². The van der Waals surface area contributed by atoms with Gasteiger partial charge in [0.05, 0.1) is 6.10 Å². The van der Waals surface area contributed by atoms with Crippen molar-refractivity contribution in [2.45, 2.75) is 26.5 Å². The first kappa shape index (κ1) is 11.9. The zero-order valence-corrected chi connectivity index (χ0v) is 10.4. The summed E-state index contributed by atoms with van der Waals surface area (Å²) in [5, 5.41) is 10.1. The Morgan fingerprint density at radius 2 is 1.76 bits per heavy atom. The summed E-state index contributed by atoms with van der Waals surface area (Å²) in [6.45, 7) is 4.88. The van der Waals surface area contributed by atoms with Gasteiger partial charge in [0, 0.05) is 18.4 Å². The van der Waals surface area contributed by atoms with Crippen LogP contribution >= 0.6 is 0 Å². The Morgan fingerprint density at radius 1 is 1.06 bits per heavy atom. The summed E-state index contributed by atoms with van der Waals surface area (Å²) in [6, 6.07) is 14.3. The maximum atomic E-state index is 10.1. The fraction of sp³-hybridized carbons (Fsp3) is 0.333. The molecule has 1 heterocycles. The Balaban J connectivity index is 2.20. The molecule has 0 bridgehead atoms. The van der Waals surface area contributed by atoms with Gasteiger partial charge < -0.3 is 9.67 Å². The van der Waals surface area contributed by atoms with Crippen molar-refractivity contribution in [3.8, 4) is 0 Å². The SMILES string of the molecule is CC(C)C(O)c1cccn1Cc1ccccc1. The molecule has 2 aromatic rings. The quantitative estimate of drug-likeness (QED) is 0.855. The number of hydrogen-bond donors (Lipinski definition) is 1. The highest BCUT2D eigenvalue weighted by Gasteiger charge is 2.15. The lowest BCUT2D eigenvalue weighted by molar-refractivity contribution is 0.119. The van der Waals surface area contributed by atoms with Gasteiger partial charge in [-0.05, 0) is 23.6 Å². The highest BCUT2D eigenvalue weighted by atomic mass is 16.3. The van der Waals surface area contributed by atoms with Crippen molar-refractivity contribution in [1.82, 2.24) is 4.57 Å². The molecule has 2 rings (SSSR count). The van der Waals surface area contributed by atoms with E-state index in [9.17, 15) is 5.11 Å². The number of benzene rings is 1. The minimum Gasteiger partial charge on any atom is -0.387 e. The average Bonchev–Trinajstić information content (AvgIpc) is 2.77. The largest absolute Gasteiger partial charge is 0.387 e. The third-order valence-electron chi connectivity index (χ3n) is 2.99. The van der Waals surface area contributed by atoms with Gasteiger partial charge in [-0.2, -0.15) is 0 Å². The van der Waals surface area contributed by atoms with Gasteiger partial charge in [0.1, 0.15) is 0 Å². The van der Waals surface area contributed by atoms with Gasteiger partial charge in [-0.1, -0.05) is 44.2 Å². The van der Waals surface area contributed by atoms with Crippen LogP contribution in [0.3, 0.4) is 0 Å². The van der Waals surface area contributed by atoms with Crippen LogP contribution in [0.4, 0.5) is 0 Å². The molecule has 90 valence electrons. The van der Waals surface area contributed by atoms with E-state index in [1.165, 1.54) is 5.56 Å². The molecule has 1 unspecified atom stereocenters. The number of aromatic nitrogens is 1. The fourth-order valence-corrected chi connectivity index (χ4v) is 1.96. The van der Waals surface area contributed by atoms with E-state index in [0.29, 0.717) is 0 Å². The topological polar surface area (TPSA) is 25.2 Å². The molecule has 2 heteroatoms. The molecule has 1 atom stereocenters. The molecular formula is C15H19NO. The lowest BCUT2D eigenvalue weighted by Crippen LogP contribution is -2.12. The van der Waals surface area contributed by atoms with Crippen LogP contribution < -0.4 is 0 Å². The Hall–Kier alpha value is -1.54. The third-order valence-corrected chi connectivity index (χ3v) is 2.99. The van der Waals surface area contributed by atoms with Crippen molar-refractivity contribution < 1.29 is 5.11 Å². The van der Waals surface area contributed by atoms with Crippen LogP contribution in [-0.4, -0.2) is 9.67 Å². The molecule has 0 aliphatic carbocycles. The monoisotopic (exact) mass is 229 g/mol. The van der Waals surface area contributed by atoms with E-state index < -0.39 is 6.10 Å². The first-order valence-electron chi connectivity index (χ1n) is 6.05. The van der Waals surface area contributed by atoms with E-state index in [4.69, 9.17) is 0 Å². The molecule has 1 N–H and O–H groups in total. The first-order chi connectivity index (χ1) is 8.18. The van der Waals surface area contributed by atoms with E-state index in [1.54, 1.807) is 0 Å². The Morgan fingerprint density at radius 3 is 2.41 bits per heavy atom. The van der Waals surface area contributed by atoms with E-state index >= 15 is 0 Å². The number of hydrogen-bond acceptors (Lipinski definition) is 1. The van der Waals surface area contributed by atoms with Crippen LogP contribution in [0.5, 0.6) is 0 Å². The zero-order chi connectivity index (χ0) is 12.3. The molecule has 0 aliphatic heterocycles. The summed E-state index contributed by atoms with van der Waals surface area (Å²) in [5.41, 5.74) is 2.24. The first-order valence-corrected chi connectivity index (χ1v) is 6.05. The Labute approximate surface area is 103 Å². The second-order valence-electron chi connectivity index (χ2n) is 4.74. The van der Waals surface area contributed by atoms with Crippen LogP contribution in [-0.2, 0) is 6.54 Å². The van der Waals surface area contributed by atoms with Crippen LogP contribution in [0.2, 0.25) is 0 Å². The van der Waals surface area contributed by atoms with Crippen LogP contribution in [0, 0.1) is 5.92 Å². The summed E-state index contributed by atoms with van der Waals surface area (Å²) in [7, 11) is 0. The molecule has 2 nitrogen and oxygen atoms in total. The predicted octanol–water partition coefficient (Wildman–Crippen LogP) is 3.23. The maximum Gasteiger partial charge on any atom is 0.0962 e. The maximum absolute atomic E-state index is 10.1. The van der Waals surface area contributed by atoms with Crippen molar-refractivity contribution in [3.05, 3.63) is 59.9 Å². The minimum atomic E-state index is -0.395. The van der Waals surface area contributed by atoms with Crippen molar-refractivity contribution in [1.29, 1.82) is 0 Å². The van der Waals surface area contributed by atoms with Gasteiger partial charge in [-0.3, -0.25) is 0 Å². The lowest BCUT2D eigenvalue weighted by atomic mass is 10.0. The molecule has 0 fully saturated rings. The second-order valence-corrected chi connectivity index (χ2v) is 4.74. The van der Waals surface area contributed by atoms with Crippen LogP contribution in [0.1, 0.15) is 31.2 Å². The second kappa shape index (κ2) is 5.19. The van der Waals surface area contributed by atoms with Crippen molar-refractivity contribution in [2.75, 3.05) is 0 Å². The van der Waals surface area contributed by atoms with E-state index in [-0.39, 0.29) is 5.92 Å². The highest BCUT2D eigenvalue weighted by molar-refractivity contribution is 5.18. The van der Waals surface area contributed by atoms with Crippen molar-refractivity contribution in [2.24, 2.45) is 5.92 Å². The number of nitrogens with zero attached hydrogens (tertiary/aromatic N) is 1. The van der Waals surface area contributed by atoms with Crippen LogP contribution in [0.15, 0.2) is 48.7 Å². The van der Waals surface area contributed by atoms with Gasteiger partial charge in [0.25, 0.3) is 0 Å². The molecule has 1 aromatic carbocycles. The Kier molecular flexibility index (Phi) is 3.64. The highest BCUT2D eigenvalue weighted by Crippen LogP contribution is 2.22. The minimum absolute atomic E-state index is 0.236. The summed E-state index contributed by atoms with van der Waals surface area (Å²) in [6.07, 6.45) is 1.63. The van der Waals surface area contributed by atoms with E-state index in [2.05, 4.69) is 16.7 Å². The molecule has 0 spiro atoms. The van der Waals surface area contributed by atoms with Crippen molar-refractivity contribution >= 4 is 0 Å². The zero-order valence-electron chi connectivity index (χ0n) is 10.4. The summed E-state index contributed by atoms with van der Waals surface area (Å²) in [4.78, 5) is 0. The summed E-state index contributed by atoms with van der Waals surface area (Å²) in [5.74, 6) is 0.236. The van der Waals surface area contributed by atoms with Gasteiger partial charge in [0.2, 0.25) is 0 Å². The molecular weight excluding hydrogens is 210 g/mol. The van der Waals surface area contributed by atoms with E-state index in [0.717, 1.165) is 12.2 Å². The summed E-state index contributed by atoms with van der Waals surface area (Å²) >= 11 is 0. The van der Waals surface area contributed by atoms with Gasteiger partial charge in [-0.15, -0.1) is 0 Å². The molecule has 0 saturated heterocycles. The molecule has 0 amide bonds. The van der Waals surface area contributed by atoms with Gasteiger partial charge in [0.15, 0.2) is 0 Å². The van der Waals surface area contributed by atoms with Crippen molar-refractivity contribution in [3.63, 3.8) is 0 Å². The van der Waals surface area contributed by atoms with Gasteiger partial charge >= 0.3 is 0 Å². The molecule has 0 aliphatic rings.